The molecule has 1 aliphatic carbocycles. The van der Waals surface area contributed by atoms with Crippen molar-refractivity contribution in [3.05, 3.63) is 12.2 Å². The predicted octanol–water partition coefficient (Wildman–Crippen LogP) is 1.47. The number of hydrogen-bond acceptors (Lipinski definition) is 3. The standard InChI is InChI=1S/C13H23NO2/c15-11-13(6-8-16-9-7-13)14-10-12-4-2-1-3-5-12/h1-2,12,14-15H,3-11H2. The largest absolute Gasteiger partial charge is 0.394 e. The van der Waals surface area contributed by atoms with Gasteiger partial charge in [0.2, 0.25) is 0 Å². The topological polar surface area (TPSA) is 41.5 Å². The lowest BCUT2D eigenvalue weighted by Crippen LogP contribution is -2.53. The maximum absolute atomic E-state index is 9.54. The van der Waals surface area contributed by atoms with Gasteiger partial charge < -0.3 is 15.2 Å². The quantitative estimate of drug-likeness (QED) is 0.712. The van der Waals surface area contributed by atoms with Gasteiger partial charge in [-0.1, -0.05) is 12.2 Å². The van der Waals surface area contributed by atoms with Gasteiger partial charge >= 0.3 is 0 Å². The van der Waals surface area contributed by atoms with Crippen LogP contribution < -0.4 is 5.32 Å². The second kappa shape index (κ2) is 5.80. The lowest BCUT2D eigenvalue weighted by atomic mass is 9.88. The van der Waals surface area contributed by atoms with Gasteiger partial charge in [-0.3, -0.25) is 0 Å². The Morgan fingerprint density at radius 1 is 1.31 bits per heavy atom. The van der Waals surface area contributed by atoms with Crippen LogP contribution >= 0.6 is 0 Å². The Morgan fingerprint density at radius 2 is 2.12 bits per heavy atom. The molecule has 1 saturated heterocycles. The van der Waals surface area contributed by atoms with Crippen LogP contribution in [0, 0.1) is 5.92 Å². The molecule has 92 valence electrons. The summed E-state index contributed by atoms with van der Waals surface area (Å²) in [4.78, 5) is 0. The molecule has 0 spiro atoms. The summed E-state index contributed by atoms with van der Waals surface area (Å²) in [5.41, 5.74) is -0.0700. The van der Waals surface area contributed by atoms with Crippen molar-refractivity contribution in [2.45, 2.75) is 37.6 Å². The first kappa shape index (κ1) is 12.1. The smallest absolute Gasteiger partial charge is 0.0615 e. The van der Waals surface area contributed by atoms with Gasteiger partial charge in [-0.2, -0.15) is 0 Å². The van der Waals surface area contributed by atoms with Crippen molar-refractivity contribution in [3.63, 3.8) is 0 Å². The summed E-state index contributed by atoms with van der Waals surface area (Å²) in [5.74, 6) is 0.747. The molecule has 2 N–H and O–H groups in total. The Bertz CT molecular complexity index is 234. The Kier molecular flexibility index (Phi) is 4.38. The Hall–Kier alpha value is -0.380. The second-order valence-electron chi connectivity index (χ2n) is 5.08. The second-order valence-corrected chi connectivity index (χ2v) is 5.08. The van der Waals surface area contributed by atoms with Gasteiger partial charge in [0.05, 0.1) is 6.61 Å². The minimum atomic E-state index is -0.0700. The van der Waals surface area contributed by atoms with Gasteiger partial charge in [0.1, 0.15) is 0 Å². The molecule has 0 aromatic rings. The number of aliphatic hydroxyl groups is 1. The average molecular weight is 225 g/mol. The van der Waals surface area contributed by atoms with E-state index in [2.05, 4.69) is 17.5 Å². The van der Waals surface area contributed by atoms with E-state index >= 15 is 0 Å². The van der Waals surface area contributed by atoms with Crippen molar-refractivity contribution in [3.8, 4) is 0 Å². The molecule has 0 aromatic heterocycles. The third kappa shape index (κ3) is 3.06. The summed E-state index contributed by atoms with van der Waals surface area (Å²) in [6.45, 7) is 2.82. The van der Waals surface area contributed by atoms with Crippen LogP contribution in [0.5, 0.6) is 0 Å². The molecule has 0 bridgehead atoms. The molecule has 3 nitrogen and oxygen atoms in total. The van der Waals surface area contributed by atoms with E-state index in [-0.39, 0.29) is 12.1 Å². The number of hydrogen-bond donors (Lipinski definition) is 2. The van der Waals surface area contributed by atoms with E-state index in [0.717, 1.165) is 38.5 Å². The van der Waals surface area contributed by atoms with E-state index in [9.17, 15) is 5.11 Å². The number of aliphatic hydroxyl groups excluding tert-OH is 1. The predicted molar refractivity (Wildman–Crippen MR) is 64.4 cm³/mol. The van der Waals surface area contributed by atoms with E-state index < -0.39 is 0 Å². The first-order valence-corrected chi connectivity index (χ1v) is 6.43. The summed E-state index contributed by atoms with van der Waals surface area (Å²) in [7, 11) is 0. The average Bonchev–Trinajstić information content (AvgIpc) is 2.39. The van der Waals surface area contributed by atoms with E-state index in [1.807, 2.05) is 0 Å². The maximum Gasteiger partial charge on any atom is 0.0615 e. The Morgan fingerprint density at radius 3 is 2.75 bits per heavy atom. The Balaban J connectivity index is 1.79. The minimum Gasteiger partial charge on any atom is -0.394 e. The molecule has 0 saturated carbocycles. The molecule has 1 atom stereocenters. The van der Waals surface area contributed by atoms with Gasteiger partial charge in [-0.15, -0.1) is 0 Å². The molecule has 1 heterocycles. The highest BCUT2D eigenvalue weighted by molar-refractivity contribution is 4.94. The highest BCUT2D eigenvalue weighted by atomic mass is 16.5. The molecule has 2 rings (SSSR count). The Labute approximate surface area is 97.9 Å². The monoisotopic (exact) mass is 225 g/mol. The molecule has 0 radical (unpaired) electrons. The van der Waals surface area contributed by atoms with E-state index in [1.165, 1.54) is 19.3 Å². The molecule has 2 aliphatic rings. The highest BCUT2D eigenvalue weighted by Crippen LogP contribution is 2.23. The highest BCUT2D eigenvalue weighted by Gasteiger charge is 2.31. The van der Waals surface area contributed by atoms with Crippen molar-refractivity contribution in [2.24, 2.45) is 5.92 Å². The molecular weight excluding hydrogens is 202 g/mol. The van der Waals surface area contributed by atoms with Crippen LogP contribution in [0.25, 0.3) is 0 Å². The first-order chi connectivity index (χ1) is 7.85. The molecule has 1 aliphatic heterocycles. The number of nitrogens with one attached hydrogen (secondary N) is 1. The third-order valence-corrected chi connectivity index (χ3v) is 3.90. The van der Waals surface area contributed by atoms with Gasteiger partial charge in [0, 0.05) is 18.8 Å². The molecule has 3 heteroatoms. The number of allylic oxidation sites excluding steroid dienone is 2. The summed E-state index contributed by atoms with van der Waals surface area (Å²) < 4.78 is 5.36. The number of ether oxygens (including phenoxy) is 1. The van der Waals surface area contributed by atoms with Crippen molar-refractivity contribution >= 4 is 0 Å². The van der Waals surface area contributed by atoms with Crippen molar-refractivity contribution in [2.75, 3.05) is 26.4 Å². The number of rotatable bonds is 4. The van der Waals surface area contributed by atoms with Crippen LogP contribution in [0.3, 0.4) is 0 Å². The fourth-order valence-electron chi connectivity index (χ4n) is 2.56. The zero-order chi connectivity index (χ0) is 11.3. The molecule has 0 amide bonds. The van der Waals surface area contributed by atoms with Crippen LogP contribution in [-0.4, -0.2) is 37.0 Å². The van der Waals surface area contributed by atoms with E-state index in [4.69, 9.17) is 4.74 Å². The maximum atomic E-state index is 9.54. The van der Waals surface area contributed by atoms with Gasteiger partial charge in [0.25, 0.3) is 0 Å². The first-order valence-electron chi connectivity index (χ1n) is 6.43. The lowest BCUT2D eigenvalue weighted by Gasteiger charge is -2.38. The van der Waals surface area contributed by atoms with Crippen LogP contribution in [0.1, 0.15) is 32.1 Å². The fourth-order valence-corrected chi connectivity index (χ4v) is 2.56. The normalized spacial score (nSPS) is 29.2. The lowest BCUT2D eigenvalue weighted by molar-refractivity contribution is 0.0102. The summed E-state index contributed by atoms with van der Waals surface area (Å²) in [6.07, 6.45) is 10.1. The van der Waals surface area contributed by atoms with E-state index in [0.29, 0.717) is 0 Å². The zero-order valence-corrected chi connectivity index (χ0v) is 9.95. The van der Waals surface area contributed by atoms with Crippen molar-refractivity contribution < 1.29 is 9.84 Å². The minimum absolute atomic E-state index is 0.0700. The zero-order valence-electron chi connectivity index (χ0n) is 9.95. The third-order valence-electron chi connectivity index (χ3n) is 3.90. The molecule has 16 heavy (non-hydrogen) atoms. The van der Waals surface area contributed by atoms with Gasteiger partial charge in [-0.25, -0.2) is 0 Å². The molecule has 1 fully saturated rings. The van der Waals surface area contributed by atoms with Crippen LogP contribution in [0.2, 0.25) is 0 Å². The summed E-state index contributed by atoms with van der Waals surface area (Å²) >= 11 is 0. The van der Waals surface area contributed by atoms with Crippen LogP contribution in [-0.2, 0) is 4.74 Å². The van der Waals surface area contributed by atoms with Crippen molar-refractivity contribution in [1.82, 2.24) is 5.32 Å². The molecule has 0 aromatic carbocycles. The SMILES string of the molecule is OCC1(NCC2CC=CCC2)CCOCC1. The molecule has 1 unspecified atom stereocenters. The van der Waals surface area contributed by atoms with Crippen LogP contribution in [0.4, 0.5) is 0 Å². The molecular formula is C13H23NO2. The fraction of sp³-hybridized carbons (Fsp3) is 0.846. The summed E-state index contributed by atoms with van der Waals surface area (Å²) in [5, 5.41) is 13.1. The van der Waals surface area contributed by atoms with Crippen LogP contribution in [0.15, 0.2) is 12.2 Å². The summed E-state index contributed by atoms with van der Waals surface area (Å²) in [6, 6.07) is 0. The van der Waals surface area contributed by atoms with Crippen molar-refractivity contribution in [1.29, 1.82) is 0 Å². The van der Waals surface area contributed by atoms with E-state index in [1.54, 1.807) is 0 Å². The van der Waals surface area contributed by atoms with Gasteiger partial charge in [-0.05, 0) is 44.6 Å². The van der Waals surface area contributed by atoms with Gasteiger partial charge in [0.15, 0.2) is 0 Å².